The van der Waals surface area contributed by atoms with Crippen LogP contribution in [0.5, 0.6) is 0 Å². The van der Waals surface area contributed by atoms with Gasteiger partial charge in [-0.15, -0.1) is 11.3 Å². The molecule has 3 heterocycles. The zero-order chi connectivity index (χ0) is 26.9. The smallest absolute Gasteiger partial charge is 0.336 e. The summed E-state index contributed by atoms with van der Waals surface area (Å²) in [6.45, 7) is 1.98. The lowest BCUT2D eigenvalue weighted by Crippen LogP contribution is -2.37. The zero-order valence-corrected chi connectivity index (χ0v) is 22.3. The number of nitrogens with one attached hydrogen (secondary N) is 1. The molecule has 0 bridgehead atoms. The van der Waals surface area contributed by atoms with E-state index in [1.165, 1.54) is 6.26 Å². The van der Waals surface area contributed by atoms with Crippen LogP contribution in [0, 0.1) is 0 Å². The highest BCUT2D eigenvalue weighted by atomic mass is 32.1. The number of allylic oxidation sites excluding steroid dienone is 3. The molecular formula is C32H27NO5S. The van der Waals surface area contributed by atoms with Crippen molar-refractivity contribution < 1.29 is 18.7 Å². The van der Waals surface area contributed by atoms with Gasteiger partial charge in [-0.25, -0.2) is 4.79 Å². The van der Waals surface area contributed by atoms with Crippen molar-refractivity contribution in [1.82, 2.24) is 5.32 Å². The van der Waals surface area contributed by atoms with Crippen LogP contribution in [-0.4, -0.2) is 18.4 Å². The van der Waals surface area contributed by atoms with Crippen molar-refractivity contribution in [2.75, 3.05) is 6.61 Å². The van der Waals surface area contributed by atoms with Crippen molar-refractivity contribution in [2.45, 2.75) is 38.0 Å². The van der Waals surface area contributed by atoms with E-state index in [2.05, 4.69) is 5.32 Å². The molecule has 2 aliphatic rings. The molecule has 2 aromatic carbocycles. The summed E-state index contributed by atoms with van der Waals surface area (Å²) in [5.41, 5.74) is 3.56. The van der Waals surface area contributed by atoms with E-state index in [-0.39, 0.29) is 34.9 Å². The molecule has 7 heteroatoms. The van der Waals surface area contributed by atoms with Crippen LogP contribution in [0.2, 0.25) is 0 Å². The Bertz CT molecular complexity index is 1680. The van der Waals surface area contributed by atoms with Gasteiger partial charge in [0.05, 0.1) is 29.7 Å². The Hall–Kier alpha value is -4.23. The molecule has 0 saturated carbocycles. The topological polar surface area (TPSA) is 85.6 Å². The standard InChI is InChI=1S/C32H27NO5S/c1-19-28(32(36)37-14-13-20-8-3-2-4-9-20)29(23-18-38-26-11-6-5-10-22(26)31(23)35)30-24(33-19)16-21(17-25(30)34)27-12-7-15-39-27/h2-12,15,18,21,29,33H,13-14,16-17H2,1H3/t21-,29-/m0/s1. The minimum atomic E-state index is -0.872. The molecule has 2 aromatic heterocycles. The van der Waals surface area contributed by atoms with E-state index in [0.717, 1.165) is 16.1 Å². The van der Waals surface area contributed by atoms with Crippen molar-refractivity contribution in [2.24, 2.45) is 0 Å². The Morgan fingerprint density at radius 2 is 1.82 bits per heavy atom. The number of dihydropyridines is 1. The molecule has 1 aliphatic heterocycles. The van der Waals surface area contributed by atoms with Gasteiger partial charge < -0.3 is 14.5 Å². The van der Waals surface area contributed by atoms with E-state index in [9.17, 15) is 14.4 Å². The monoisotopic (exact) mass is 537 g/mol. The number of hydrogen-bond acceptors (Lipinski definition) is 7. The van der Waals surface area contributed by atoms with Crippen LogP contribution < -0.4 is 10.7 Å². The average Bonchev–Trinajstić information content (AvgIpc) is 3.48. The fraction of sp³-hybridized carbons (Fsp3) is 0.219. The van der Waals surface area contributed by atoms with Crippen molar-refractivity contribution in [3.8, 4) is 0 Å². The molecule has 0 radical (unpaired) electrons. The summed E-state index contributed by atoms with van der Waals surface area (Å²) in [6.07, 6.45) is 2.88. The maximum atomic E-state index is 13.8. The maximum Gasteiger partial charge on any atom is 0.336 e. The second-order valence-corrected chi connectivity index (χ2v) is 10.9. The molecule has 1 N–H and O–H groups in total. The van der Waals surface area contributed by atoms with Crippen LogP contribution in [0.4, 0.5) is 0 Å². The molecule has 0 fully saturated rings. The van der Waals surface area contributed by atoms with Crippen molar-refractivity contribution in [3.63, 3.8) is 0 Å². The first-order chi connectivity index (χ1) is 19.0. The SMILES string of the molecule is CC1=C(C(=O)OCCc2ccccc2)[C@H](c2coc3ccccc3c2=O)C2=C(C[C@H](c3cccs3)CC2=O)N1. The summed E-state index contributed by atoms with van der Waals surface area (Å²) in [5, 5.41) is 5.76. The number of Topliss-reactive ketones (excluding diaryl/α,β-unsaturated/α-hetero) is 1. The number of ether oxygens (including phenoxy) is 1. The van der Waals surface area contributed by atoms with E-state index in [1.54, 1.807) is 42.5 Å². The number of fused-ring (bicyclic) bond motifs is 1. The molecule has 4 aromatic rings. The van der Waals surface area contributed by atoms with E-state index in [1.807, 2.05) is 47.8 Å². The van der Waals surface area contributed by atoms with Gasteiger partial charge in [0, 0.05) is 46.2 Å². The highest BCUT2D eigenvalue weighted by molar-refractivity contribution is 7.10. The Kier molecular flexibility index (Phi) is 6.75. The summed E-state index contributed by atoms with van der Waals surface area (Å²) in [7, 11) is 0. The Morgan fingerprint density at radius 1 is 1.03 bits per heavy atom. The van der Waals surface area contributed by atoms with Gasteiger partial charge >= 0.3 is 5.97 Å². The Morgan fingerprint density at radius 3 is 2.62 bits per heavy atom. The molecule has 0 spiro atoms. The van der Waals surface area contributed by atoms with Crippen LogP contribution in [-0.2, 0) is 20.7 Å². The quantitative estimate of drug-likeness (QED) is 0.304. The molecule has 196 valence electrons. The number of hydrogen-bond donors (Lipinski definition) is 1. The number of carbonyl (C=O) groups is 2. The van der Waals surface area contributed by atoms with E-state index < -0.39 is 11.9 Å². The number of ketones is 1. The minimum absolute atomic E-state index is 0.0459. The molecule has 6 nitrogen and oxygen atoms in total. The second-order valence-electron chi connectivity index (χ2n) is 9.92. The predicted octanol–water partition coefficient (Wildman–Crippen LogP) is 6.00. The molecule has 1 aliphatic carbocycles. The number of rotatable bonds is 6. The number of thiophene rings is 1. The number of esters is 1. The van der Waals surface area contributed by atoms with Crippen molar-refractivity contribution in [3.05, 3.63) is 127 Å². The largest absolute Gasteiger partial charge is 0.464 e. The molecule has 39 heavy (non-hydrogen) atoms. The summed E-state index contributed by atoms with van der Waals surface area (Å²) in [5.74, 6) is -1.46. The summed E-state index contributed by atoms with van der Waals surface area (Å²) >= 11 is 1.63. The zero-order valence-electron chi connectivity index (χ0n) is 21.4. The lowest BCUT2D eigenvalue weighted by Gasteiger charge is -2.36. The summed E-state index contributed by atoms with van der Waals surface area (Å²) in [4.78, 5) is 42.3. The first kappa shape index (κ1) is 25.1. The third-order valence-electron chi connectivity index (χ3n) is 7.48. The normalized spacial score (nSPS) is 19.2. The van der Waals surface area contributed by atoms with Gasteiger partial charge in [0.25, 0.3) is 0 Å². The summed E-state index contributed by atoms with van der Waals surface area (Å²) in [6, 6.07) is 20.8. The van der Waals surface area contributed by atoms with Crippen LogP contribution in [0.25, 0.3) is 11.0 Å². The first-order valence-electron chi connectivity index (χ1n) is 13.0. The van der Waals surface area contributed by atoms with Crippen LogP contribution >= 0.6 is 11.3 Å². The van der Waals surface area contributed by atoms with Gasteiger partial charge in [-0.1, -0.05) is 48.5 Å². The number of para-hydroxylation sites is 1. The van der Waals surface area contributed by atoms with Crippen molar-refractivity contribution in [1.29, 1.82) is 0 Å². The summed E-state index contributed by atoms with van der Waals surface area (Å²) < 4.78 is 11.6. The highest BCUT2D eigenvalue weighted by Crippen LogP contribution is 2.45. The molecule has 6 rings (SSSR count). The van der Waals surface area contributed by atoms with Gasteiger partial charge in [0.2, 0.25) is 0 Å². The van der Waals surface area contributed by atoms with Crippen LogP contribution in [0.3, 0.4) is 0 Å². The van der Waals surface area contributed by atoms with Gasteiger partial charge in [0.15, 0.2) is 11.2 Å². The molecule has 0 saturated heterocycles. The van der Waals surface area contributed by atoms with E-state index >= 15 is 0 Å². The number of carbonyl (C=O) groups excluding carboxylic acids is 2. The van der Waals surface area contributed by atoms with Crippen LogP contribution in [0.15, 0.2) is 110 Å². The number of benzene rings is 2. The minimum Gasteiger partial charge on any atom is -0.464 e. The first-order valence-corrected chi connectivity index (χ1v) is 13.9. The predicted molar refractivity (Wildman–Crippen MR) is 150 cm³/mol. The lowest BCUT2D eigenvalue weighted by molar-refractivity contribution is -0.139. The highest BCUT2D eigenvalue weighted by Gasteiger charge is 2.43. The average molecular weight is 538 g/mol. The Balaban J connectivity index is 1.40. The van der Waals surface area contributed by atoms with Crippen molar-refractivity contribution >= 4 is 34.1 Å². The van der Waals surface area contributed by atoms with Gasteiger partial charge in [-0.05, 0) is 42.5 Å². The fourth-order valence-electron chi connectivity index (χ4n) is 5.62. The van der Waals surface area contributed by atoms with E-state index in [4.69, 9.17) is 9.15 Å². The van der Waals surface area contributed by atoms with Gasteiger partial charge in [-0.3, -0.25) is 9.59 Å². The second kappa shape index (κ2) is 10.5. The fourth-order valence-corrected chi connectivity index (χ4v) is 6.45. The molecule has 0 amide bonds. The van der Waals surface area contributed by atoms with Gasteiger partial charge in [0.1, 0.15) is 5.58 Å². The molecular weight excluding hydrogens is 510 g/mol. The van der Waals surface area contributed by atoms with Crippen LogP contribution in [0.1, 0.15) is 47.6 Å². The van der Waals surface area contributed by atoms with E-state index in [0.29, 0.717) is 41.5 Å². The molecule has 2 atom stereocenters. The van der Waals surface area contributed by atoms with Gasteiger partial charge in [-0.2, -0.15) is 0 Å². The maximum absolute atomic E-state index is 13.8. The lowest BCUT2D eigenvalue weighted by atomic mass is 9.73. The Labute approximate surface area is 229 Å². The molecule has 0 unspecified atom stereocenters. The third kappa shape index (κ3) is 4.74. The third-order valence-corrected chi connectivity index (χ3v) is 8.51.